The molecule has 0 spiro atoms. The van der Waals surface area contributed by atoms with E-state index in [4.69, 9.17) is 0 Å². The van der Waals surface area contributed by atoms with Crippen LogP contribution >= 0.6 is 15.9 Å². The standard InChI is InChI=1S/C13H13BrN2O/c1-9(2)16-13(10(8-17)7-15-16)11-5-3-4-6-12(11)14/h3-9H,1-2H3. The zero-order valence-electron chi connectivity index (χ0n) is 9.72. The fraction of sp³-hybridized carbons (Fsp3) is 0.231. The van der Waals surface area contributed by atoms with E-state index in [1.807, 2.05) is 42.8 Å². The quantitative estimate of drug-likeness (QED) is 0.809. The van der Waals surface area contributed by atoms with Crippen molar-refractivity contribution in [1.29, 1.82) is 0 Å². The molecule has 0 atom stereocenters. The highest BCUT2D eigenvalue weighted by molar-refractivity contribution is 9.10. The van der Waals surface area contributed by atoms with Crippen LogP contribution in [0.5, 0.6) is 0 Å². The van der Waals surface area contributed by atoms with E-state index in [1.165, 1.54) is 0 Å². The molecular formula is C13H13BrN2O. The number of hydrogen-bond donors (Lipinski definition) is 0. The summed E-state index contributed by atoms with van der Waals surface area (Å²) in [4.78, 5) is 11.1. The van der Waals surface area contributed by atoms with Crippen molar-refractivity contribution < 1.29 is 4.79 Å². The average Bonchev–Trinajstić information content (AvgIpc) is 2.73. The highest BCUT2D eigenvalue weighted by atomic mass is 79.9. The van der Waals surface area contributed by atoms with Gasteiger partial charge in [0.2, 0.25) is 0 Å². The number of nitrogens with zero attached hydrogens (tertiary/aromatic N) is 2. The van der Waals surface area contributed by atoms with E-state index in [0.717, 1.165) is 22.0 Å². The number of aldehydes is 1. The molecule has 0 unspecified atom stereocenters. The number of hydrogen-bond acceptors (Lipinski definition) is 2. The van der Waals surface area contributed by atoms with Gasteiger partial charge in [-0.05, 0) is 19.9 Å². The predicted molar refractivity (Wildman–Crippen MR) is 71.1 cm³/mol. The van der Waals surface area contributed by atoms with Crippen LogP contribution in [0.4, 0.5) is 0 Å². The molecule has 0 aliphatic heterocycles. The van der Waals surface area contributed by atoms with Crippen LogP contribution in [0.1, 0.15) is 30.2 Å². The molecule has 88 valence electrons. The molecule has 1 heterocycles. The van der Waals surface area contributed by atoms with Gasteiger partial charge in [0.1, 0.15) is 0 Å². The molecule has 2 aromatic rings. The highest BCUT2D eigenvalue weighted by Crippen LogP contribution is 2.31. The Morgan fingerprint density at radius 1 is 1.35 bits per heavy atom. The Bertz CT molecular complexity index is 546. The SMILES string of the molecule is CC(C)n1ncc(C=O)c1-c1ccccc1Br. The van der Waals surface area contributed by atoms with Gasteiger partial charge in [-0.1, -0.05) is 34.1 Å². The van der Waals surface area contributed by atoms with Crippen LogP contribution in [0.25, 0.3) is 11.3 Å². The maximum absolute atomic E-state index is 11.1. The second-order valence-electron chi connectivity index (χ2n) is 4.08. The Hall–Kier alpha value is -1.42. The van der Waals surface area contributed by atoms with Crippen LogP contribution < -0.4 is 0 Å². The number of benzene rings is 1. The van der Waals surface area contributed by atoms with Gasteiger partial charge in [0.05, 0.1) is 17.5 Å². The van der Waals surface area contributed by atoms with Gasteiger partial charge in [-0.3, -0.25) is 9.48 Å². The van der Waals surface area contributed by atoms with Gasteiger partial charge in [-0.25, -0.2) is 0 Å². The lowest BCUT2D eigenvalue weighted by molar-refractivity contribution is 0.112. The van der Waals surface area contributed by atoms with Crippen molar-refractivity contribution in [3.63, 3.8) is 0 Å². The van der Waals surface area contributed by atoms with Crippen molar-refractivity contribution in [3.05, 3.63) is 40.5 Å². The van der Waals surface area contributed by atoms with Gasteiger partial charge >= 0.3 is 0 Å². The van der Waals surface area contributed by atoms with E-state index in [0.29, 0.717) is 5.56 Å². The molecule has 0 saturated carbocycles. The van der Waals surface area contributed by atoms with Crippen molar-refractivity contribution in [2.45, 2.75) is 19.9 Å². The first-order valence-electron chi connectivity index (χ1n) is 5.42. The second kappa shape index (κ2) is 4.84. The normalized spacial score (nSPS) is 10.8. The molecule has 4 heteroatoms. The molecular weight excluding hydrogens is 280 g/mol. The monoisotopic (exact) mass is 292 g/mol. The summed E-state index contributed by atoms with van der Waals surface area (Å²) in [6, 6.07) is 8.05. The van der Waals surface area contributed by atoms with Gasteiger partial charge < -0.3 is 0 Å². The fourth-order valence-corrected chi connectivity index (χ4v) is 2.26. The number of carbonyl (C=O) groups is 1. The molecule has 1 aromatic heterocycles. The zero-order valence-corrected chi connectivity index (χ0v) is 11.3. The third-order valence-electron chi connectivity index (χ3n) is 2.57. The first-order valence-corrected chi connectivity index (χ1v) is 6.22. The number of rotatable bonds is 3. The smallest absolute Gasteiger partial charge is 0.153 e. The summed E-state index contributed by atoms with van der Waals surface area (Å²) in [5.41, 5.74) is 2.47. The van der Waals surface area contributed by atoms with Gasteiger partial charge in [0.25, 0.3) is 0 Å². The van der Waals surface area contributed by atoms with Crippen LogP contribution in [-0.4, -0.2) is 16.1 Å². The maximum atomic E-state index is 11.1. The van der Waals surface area contributed by atoms with Gasteiger partial charge in [0.15, 0.2) is 6.29 Å². The van der Waals surface area contributed by atoms with E-state index >= 15 is 0 Å². The molecule has 0 amide bonds. The number of halogens is 1. The van der Waals surface area contributed by atoms with Crippen molar-refractivity contribution >= 4 is 22.2 Å². The van der Waals surface area contributed by atoms with Crippen LogP contribution in [-0.2, 0) is 0 Å². The van der Waals surface area contributed by atoms with Crippen LogP contribution in [0, 0.1) is 0 Å². The molecule has 2 rings (SSSR count). The molecule has 3 nitrogen and oxygen atoms in total. The summed E-state index contributed by atoms with van der Waals surface area (Å²) in [7, 11) is 0. The predicted octanol–water partition coefficient (Wildman–Crippen LogP) is 3.71. The molecule has 0 aliphatic carbocycles. The Morgan fingerprint density at radius 2 is 2.06 bits per heavy atom. The number of aromatic nitrogens is 2. The Morgan fingerprint density at radius 3 is 2.65 bits per heavy atom. The van der Waals surface area contributed by atoms with Crippen molar-refractivity contribution in [3.8, 4) is 11.3 Å². The van der Waals surface area contributed by atoms with E-state index in [-0.39, 0.29) is 6.04 Å². The van der Waals surface area contributed by atoms with Gasteiger partial charge in [0, 0.05) is 16.1 Å². The van der Waals surface area contributed by atoms with Crippen molar-refractivity contribution in [2.75, 3.05) is 0 Å². The first kappa shape index (κ1) is 12.0. The third kappa shape index (κ3) is 2.17. The topological polar surface area (TPSA) is 34.9 Å². The lowest BCUT2D eigenvalue weighted by Gasteiger charge is -2.12. The summed E-state index contributed by atoms with van der Waals surface area (Å²) in [5.74, 6) is 0. The molecule has 0 aliphatic rings. The first-order chi connectivity index (χ1) is 8.15. The minimum Gasteiger partial charge on any atom is -0.298 e. The van der Waals surface area contributed by atoms with Crippen LogP contribution in [0.2, 0.25) is 0 Å². The Kier molecular flexibility index (Phi) is 3.43. The summed E-state index contributed by atoms with van der Waals surface area (Å²) >= 11 is 3.51. The van der Waals surface area contributed by atoms with Crippen LogP contribution in [0.15, 0.2) is 34.9 Å². The molecule has 0 fully saturated rings. The molecule has 0 saturated heterocycles. The summed E-state index contributed by atoms with van der Waals surface area (Å²) in [5, 5.41) is 4.27. The average molecular weight is 293 g/mol. The largest absolute Gasteiger partial charge is 0.298 e. The summed E-state index contributed by atoms with van der Waals surface area (Å²) in [6.45, 7) is 4.09. The van der Waals surface area contributed by atoms with E-state index < -0.39 is 0 Å². The minimum atomic E-state index is 0.214. The molecule has 0 N–H and O–H groups in total. The Labute approximate surface area is 109 Å². The van der Waals surface area contributed by atoms with Crippen molar-refractivity contribution in [2.24, 2.45) is 0 Å². The number of carbonyl (C=O) groups excluding carboxylic acids is 1. The van der Waals surface area contributed by atoms with Gasteiger partial charge in [-0.2, -0.15) is 5.10 Å². The second-order valence-corrected chi connectivity index (χ2v) is 4.94. The molecule has 0 bridgehead atoms. The molecule has 1 aromatic carbocycles. The minimum absolute atomic E-state index is 0.214. The molecule has 17 heavy (non-hydrogen) atoms. The third-order valence-corrected chi connectivity index (χ3v) is 3.26. The summed E-state index contributed by atoms with van der Waals surface area (Å²) < 4.78 is 2.83. The summed E-state index contributed by atoms with van der Waals surface area (Å²) in [6.07, 6.45) is 2.46. The molecule has 0 radical (unpaired) electrons. The van der Waals surface area contributed by atoms with E-state index in [1.54, 1.807) is 6.20 Å². The lowest BCUT2D eigenvalue weighted by Crippen LogP contribution is -2.05. The highest BCUT2D eigenvalue weighted by Gasteiger charge is 2.16. The van der Waals surface area contributed by atoms with Crippen molar-refractivity contribution in [1.82, 2.24) is 9.78 Å². The van der Waals surface area contributed by atoms with Gasteiger partial charge in [-0.15, -0.1) is 0 Å². The fourth-order valence-electron chi connectivity index (χ4n) is 1.79. The van der Waals surface area contributed by atoms with E-state index in [9.17, 15) is 4.79 Å². The maximum Gasteiger partial charge on any atom is 0.153 e. The van der Waals surface area contributed by atoms with Crippen LogP contribution in [0.3, 0.4) is 0 Å². The zero-order chi connectivity index (χ0) is 12.4. The Balaban J connectivity index is 2.69. The lowest BCUT2D eigenvalue weighted by atomic mass is 10.1. The van der Waals surface area contributed by atoms with E-state index in [2.05, 4.69) is 21.0 Å².